The predicted molar refractivity (Wildman–Crippen MR) is 144 cm³/mol. The highest BCUT2D eigenvalue weighted by Crippen LogP contribution is 2.62. The molecule has 2 aliphatic carbocycles. The van der Waals surface area contributed by atoms with Gasteiger partial charge in [0.1, 0.15) is 29.7 Å². The van der Waals surface area contributed by atoms with Crippen LogP contribution in [0, 0.1) is 23.5 Å². The second-order valence-electron chi connectivity index (χ2n) is 11.6. The maximum Gasteiger partial charge on any atom is 0.417 e. The quantitative estimate of drug-likeness (QED) is 0.243. The molecule has 42 heavy (non-hydrogen) atoms. The van der Waals surface area contributed by atoms with Gasteiger partial charge in [0.15, 0.2) is 0 Å². The van der Waals surface area contributed by atoms with Crippen molar-refractivity contribution >= 4 is 5.97 Å². The van der Waals surface area contributed by atoms with Crippen molar-refractivity contribution in [3.8, 4) is 22.6 Å². The summed E-state index contributed by atoms with van der Waals surface area (Å²) in [5, 5.41) is 19.2. The second-order valence-corrected chi connectivity index (χ2v) is 11.6. The summed E-state index contributed by atoms with van der Waals surface area (Å²) < 4.78 is 83.2. The molecule has 1 saturated carbocycles. The molecule has 3 atom stereocenters. The molecule has 1 fully saturated rings. The van der Waals surface area contributed by atoms with Crippen molar-refractivity contribution < 1.29 is 46.4 Å². The largest absolute Gasteiger partial charge is 0.493 e. The summed E-state index contributed by atoms with van der Waals surface area (Å²) >= 11 is 0. The van der Waals surface area contributed by atoms with E-state index in [1.54, 1.807) is 19.9 Å². The summed E-state index contributed by atoms with van der Waals surface area (Å²) in [4.78, 5) is 11.5. The number of fused-ring (bicyclic) bond motifs is 3. The minimum atomic E-state index is -4.95. The summed E-state index contributed by atoms with van der Waals surface area (Å²) in [6.07, 6.45) is -3.56. The highest BCUT2D eigenvalue weighted by atomic mass is 19.4. The fourth-order valence-electron chi connectivity index (χ4n) is 5.79. The number of halogens is 5. The van der Waals surface area contributed by atoms with Crippen LogP contribution in [0.5, 0.6) is 11.5 Å². The lowest BCUT2D eigenvalue weighted by Crippen LogP contribution is -2.21. The van der Waals surface area contributed by atoms with E-state index < -0.39 is 47.1 Å². The smallest absolute Gasteiger partial charge is 0.417 e. The third kappa shape index (κ3) is 5.95. The van der Waals surface area contributed by atoms with Gasteiger partial charge in [-0.3, -0.25) is 4.79 Å². The monoisotopic (exact) mass is 590 g/mol. The van der Waals surface area contributed by atoms with Gasteiger partial charge in [-0.25, -0.2) is 8.78 Å². The standard InChI is InChI=1S/C32H31F5O5/c1-4-16-9-21-17(10-23-28(21)29(23)30(38)39)12-27(16)42-15-18-11-22(24(14-25(18)33)32(35,36)37)20-6-5-19(13-26(20)34)41-8-7-31(2,3)40/h5-6,9,11-14,23,28-29,40H,4,7-8,10,15H2,1-3H3,(H,38,39). The Bertz CT molecular complexity index is 1530. The van der Waals surface area contributed by atoms with E-state index in [4.69, 9.17) is 9.47 Å². The van der Waals surface area contributed by atoms with Crippen molar-refractivity contribution in [3.05, 3.63) is 81.9 Å². The molecular formula is C32H31F5O5. The first-order chi connectivity index (χ1) is 19.7. The third-order valence-corrected chi connectivity index (χ3v) is 8.06. The van der Waals surface area contributed by atoms with Gasteiger partial charge in [-0.15, -0.1) is 0 Å². The van der Waals surface area contributed by atoms with E-state index in [0.717, 1.165) is 34.9 Å². The molecule has 224 valence electrons. The number of ether oxygens (including phenoxy) is 2. The minimum Gasteiger partial charge on any atom is -0.493 e. The molecule has 5 rings (SSSR count). The zero-order chi connectivity index (χ0) is 30.6. The molecular weight excluding hydrogens is 559 g/mol. The minimum absolute atomic E-state index is 0.0278. The van der Waals surface area contributed by atoms with E-state index in [2.05, 4.69) is 0 Å². The van der Waals surface area contributed by atoms with Crippen LogP contribution in [0.4, 0.5) is 22.0 Å². The molecule has 2 aliphatic rings. The topological polar surface area (TPSA) is 76.0 Å². The first-order valence-electron chi connectivity index (χ1n) is 13.7. The second kappa shape index (κ2) is 10.9. The fourth-order valence-corrected chi connectivity index (χ4v) is 5.79. The molecule has 3 aromatic carbocycles. The average molecular weight is 591 g/mol. The zero-order valence-electron chi connectivity index (χ0n) is 23.3. The molecule has 2 N–H and O–H groups in total. The SMILES string of the molecule is CCc1cc2c(cc1OCc1cc(-c3ccc(OCCC(C)(C)O)cc3F)c(C(F)(F)F)cc1F)CC1C(C(=O)O)C21. The van der Waals surface area contributed by atoms with Gasteiger partial charge < -0.3 is 19.7 Å². The summed E-state index contributed by atoms with van der Waals surface area (Å²) in [5.41, 5.74) is -0.711. The van der Waals surface area contributed by atoms with Gasteiger partial charge in [-0.1, -0.05) is 13.0 Å². The fraction of sp³-hybridized carbons (Fsp3) is 0.406. The zero-order valence-corrected chi connectivity index (χ0v) is 23.3. The first kappa shape index (κ1) is 29.8. The molecule has 0 saturated heterocycles. The Morgan fingerprint density at radius 2 is 1.71 bits per heavy atom. The lowest BCUT2D eigenvalue weighted by Gasteiger charge is -2.19. The van der Waals surface area contributed by atoms with Crippen LogP contribution in [-0.2, 0) is 30.4 Å². The van der Waals surface area contributed by atoms with Gasteiger partial charge in [0.2, 0.25) is 0 Å². The lowest BCUT2D eigenvalue weighted by atomic mass is 9.95. The molecule has 3 unspecified atom stereocenters. The first-order valence-corrected chi connectivity index (χ1v) is 13.7. The molecule has 5 nitrogen and oxygen atoms in total. The van der Waals surface area contributed by atoms with Gasteiger partial charge in [0.05, 0.1) is 23.7 Å². The number of carboxylic acid groups (broad SMARTS) is 1. The normalized spacial score (nSPS) is 19.3. The number of hydrogen-bond acceptors (Lipinski definition) is 4. The van der Waals surface area contributed by atoms with Gasteiger partial charge in [0, 0.05) is 29.5 Å². The molecule has 0 bridgehead atoms. The Labute approximate surface area is 239 Å². The van der Waals surface area contributed by atoms with Crippen LogP contribution in [-0.4, -0.2) is 28.4 Å². The Kier molecular flexibility index (Phi) is 7.72. The van der Waals surface area contributed by atoms with Crippen LogP contribution in [0.1, 0.15) is 60.9 Å². The van der Waals surface area contributed by atoms with Gasteiger partial charge in [-0.05, 0) is 85.2 Å². The average Bonchev–Trinajstić information content (AvgIpc) is 3.49. The number of hydrogen-bond donors (Lipinski definition) is 2. The van der Waals surface area contributed by atoms with Crippen molar-refractivity contribution in [2.75, 3.05) is 6.61 Å². The number of carboxylic acids is 1. The summed E-state index contributed by atoms with van der Waals surface area (Å²) in [5.74, 6) is -2.78. The Morgan fingerprint density at radius 3 is 2.33 bits per heavy atom. The summed E-state index contributed by atoms with van der Waals surface area (Å²) in [7, 11) is 0. The van der Waals surface area contributed by atoms with Crippen LogP contribution in [0.2, 0.25) is 0 Å². The summed E-state index contributed by atoms with van der Waals surface area (Å²) in [6, 6.07) is 8.44. The van der Waals surface area contributed by atoms with Crippen molar-refractivity contribution in [1.82, 2.24) is 0 Å². The maximum absolute atomic E-state index is 15.1. The molecule has 0 aromatic heterocycles. The van der Waals surface area contributed by atoms with E-state index >= 15 is 4.39 Å². The predicted octanol–water partition coefficient (Wildman–Crippen LogP) is 7.30. The highest BCUT2D eigenvalue weighted by Gasteiger charge is 2.59. The van der Waals surface area contributed by atoms with Crippen molar-refractivity contribution in [1.29, 1.82) is 0 Å². The van der Waals surface area contributed by atoms with E-state index in [9.17, 15) is 32.6 Å². The van der Waals surface area contributed by atoms with E-state index in [0.29, 0.717) is 24.7 Å². The number of benzene rings is 3. The van der Waals surface area contributed by atoms with Gasteiger partial charge >= 0.3 is 12.1 Å². The lowest BCUT2D eigenvalue weighted by molar-refractivity contribution is -0.139. The number of aliphatic carboxylic acids is 1. The number of alkyl halides is 3. The van der Waals surface area contributed by atoms with Crippen molar-refractivity contribution in [2.45, 2.75) is 64.3 Å². The van der Waals surface area contributed by atoms with E-state index in [-0.39, 0.29) is 47.7 Å². The number of aryl methyl sites for hydroxylation is 1. The van der Waals surface area contributed by atoms with Crippen LogP contribution in [0.25, 0.3) is 11.1 Å². The number of rotatable bonds is 10. The van der Waals surface area contributed by atoms with Crippen LogP contribution >= 0.6 is 0 Å². The van der Waals surface area contributed by atoms with Gasteiger partial charge in [0.25, 0.3) is 0 Å². The Hall–Kier alpha value is -3.66. The maximum atomic E-state index is 15.1. The highest BCUT2D eigenvalue weighted by molar-refractivity contribution is 5.78. The molecule has 0 aliphatic heterocycles. The van der Waals surface area contributed by atoms with Crippen LogP contribution < -0.4 is 9.47 Å². The summed E-state index contributed by atoms with van der Waals surface area (Å²) in [6.45, 7) is 4.73. The van der Waals surface area contributed by atoms with Crippen LogP contribution in [0.3, 0.4) is 0 Å². The van der Waals surface area contributed by atoms with E-state index in [1.807, 2.05) is 13.0 Å². The number of carbonyl (C=O) groups is 1. The van der Waals surface area contributed by atoms with Crippen LogP contribution in [0.15, 0.2) is 42.5 Å². The van der Waals surface area contributed by atoms with E-state index in [1.165, 1.54) is 6.07 Å². The molecule has 0 radical (unpaired) electrons. The van der Waals surface area contributed by atoms with Gasteiger partial charge in [-0.2, -0.15) is 13.2 Å². The molecule has 0 spiro atoms. The molecule has 0 amide bonds. The molecule has 10 heteroatoms. The molecule has 0 heterocycles. The molecule has 3 aromatic rings. The Morgan fingerprint density at radius 1 is 0.976 bits per heavy atom. The number of aliphatic hydroxyl groups is 1. The Balaban J connectivity index is 1.41. The van der Waals surface area contributed by atoms with Crippen molar-refractivity contribution in [3.63, 3.8) is 0 Å². The van der Waals surface area contributed by atoms with Crippen molar-refractivity contribution in [2.24, 2.45) is 11.8 Å². The third-order valence-electron chi connectivity index (χ3n) is 8.06.